The quantitative estimate of drug-likeness (QED) is 0.894. The summed E-state index contributed by atoms with van der Waals surface area (Å²) in [6.07, 6.45) is 0. The molecule has 0 bridgehead atoms. The third-order valence-corrected chi connectivity index (χ3v) is 3.35. The molecule has 0 amide bonds. The van der Waals surface area contributed by atoms with E-state index in [4.69, 9.17) is 11.6 Å². The first-order valence-corrected chi connectivity index (χ1v) is 6.81. The molecule has 2 rings (SSSR count). The van der Waals surface area contributed by atoms with E-state index < -0.39 is 0 Å². The topological polar surface area (TPSA) is 15.3 Å². The predicted octanol–water partition coefficient (Wildman–Crippen LogP) is 4.47. The van der Waals surface area contributed by atoms with Gasteiger partial charge in [-0.05, 0) is 31.2 Å². The van der Waals surface area contributed by atoms with Crippen LogP contribution in [0.15, 0.2) is 36.4 Å². The Hall–Kier alpha value is -1.74. The van der Waals surface area contributed by atoms with Crippen molar-refractivity contribution in [3.63, 3.8) is 0 Å². The smallest absolute Gasteiger partial charge is 0.128 e. The first-order chi connectivity index (χ1) is 9.47. The van der Waals surface area contributed by atoms with Gasteiger partial charge >= 0.3 is 0 Å². The van der Waals surface area contributed by atoms with Crippen molar-refractivity contribution in [2.75, 3.05) is 24.3 Å². The molecule has 1 N–H and O–H groups in total. The van der Waals surface area contributed by atoms with Crippen LogP contribution in [0, 0.1) is 12.7 Å². The average Bonchev–Trinajstić information content (AvgIpc) is 2.39. The second kappa shape index (κ2) is 6.14. The fraction of sp³-hybridized carbons (Fsp3) is 0.250. The highest BCUT2D eigenvalue weighted by Gasteiger charge is 2.07. The van der Waals surface area contributed by atoms with Crippen LogP contribution in [0.25, 0.3) is 0 Å². The van der Waals surface area contributed by atoms with Crippen LogP contribution in [-0.4, -0.2) is 14.1 Å². The molecule has 0 saturated carbocycles. The van der Waals surface area contributed by atoms with Crippen LogP contribution in [-0.2, 0) is 6.54 Å². The molecule has 0 aromatic heterocycles. The Morgan fingerprint density at radius 3 is 2.60 bits per heavy atom. The van der Waals surface area contributed by atoms with Crippen LogP contribution in [0.3, 0.4) is 0 Å². The van der Waals surface area contributed by atoms with Gasteiger partial charge in [-0.3, -0.25) is 0 Å². The van der Waals surface area contributed by atoms with E-state index in [0.29, 0.717) is 17.1 Å². The van der Waals surface area contributed by atoms with Gasteiger partial charge in [0, 0.05) is 31.2 Å². The molecule has 0 heterocycles. The Kier molecular flexibility index (Phi) is 4.50. The molecule has 0 aliphatic heterocycles. The highest BCUT2D eigenvalue weighted by molar-refractivity contribution is 6.31. The SMILES string of the molecule is Cc1ccc(F)c(CNc2cc(Cl)ccc2N(C)C)c1. The first-order valence-electron chi connectivity index (χ1n) is 6.43. The molecule has 2 aromatic rings. The summed E-state index contributed by atoms with van der Waals surface area (Å²) >= 11 is 6.03. The number of halogens is 2. The average molecular weight is 293 g/mol. The Balaban J connectivity index is 2.22. The van der Waals surface area contributed by atoms with Crippen molar-refractivity contribution in [3.05, 3.63) is 58.4 Å². The number of anilines is 2. The Labute approximate surface area is 124 Å². The van der Waals surface area contributed by atoms with Crippen LogP contribution in [0.4, 0.5) is 15.8 Å². The molecule has 20 heavy (non-hydrogen) atoms. The summed E-state index contributed by atoms with van der Waals surface area (Å²) in [5.74, 6) is -0.198. The molecule has 0 spiro atoms. The van der Waals surface area contributed by atoms with Crippen LogP contribution in [0.2, 0.25) is 5.02 Å². The Morgan fingerprint density at radius 2 is 1.90 bits per heavy atom. The van der Waals surface area contributed by atoms with Crippen LogP contribution < -0.4 is 10.2 Å². The molecule has 0 fully saturated rings. The minimum absolute atomic E-state index is 0.198. The van der Waals surface area contributed by atoms with Crippen LogP contribution in [0.1, 0.15) is 11.1 Å². The molecule has 0 saturated heterocycles. The minimum Gasteiger partial charge on any atom is -0.379 e. The lowest BCUT2D eigenvalue weighted by molar-refractivity contribution is 0.612. The molecule has 0 radical (unpaired) electrons. The molecule has 106 valence electrons. The van der Waals surface area contributed by atoms with E-state index in [2.05, 4.69) is 5.32 Å². The van der Waals surface area contributed by atoms with Gasteiger partial charge in [-0.2, -0.15) is 0 Å². The van der Waals surface area contributed by atoms with Gasteiger partial charge in [0.15, 0.2) is 0 Å². The van der Waals surface area contributed by atoms with E-state index in [9.17, 15) is 4.39 Å². The minimum atomic E-state index is -0.198. The second-order valence-corrected chi connectivity index (χ2v) is 5.44. The van der Waals surface area contributed by atoms with Gasteiger partial charge in [0.2, 0.25) is 0 Å². The van der Waals surface area contributed by atoms with Gasteiger partial charge < -0.3 is 10.2 Å². The van der Waals surface area contributed by atoms with Crippen molar-refractivity contribution in [2.45, 2.75) is 13.5 Å². The van der Waals surface area contributed by atoms with Gasteiger partial charge in [-0.1, -0.05) is 29.3 Å². The Bertz CT molecular complexity index is 611. The van der Waals surface area contributed by atoms with E-state index in [1.54, 1.807) is 6.07 Å². The van der Waals surface area contributed by atoms with Crippen molar-refractivity contribution < 1.29 is 4.39 Å². The molecular weight excluding hydrogens is 275 g/mol. The number of nitrogens with one attached hydrogen (secondary N) is 1. The molecule has 0 atom stereocenters. The first kappa shape index (κ1) is 14.7. The molecule has 4 heteroatoms. The number of nitrogens with zero attached hydrogens (tertiary/aromatic N) is 1. The monoisotopic (exact) mass is 292 g/mol. The van der Waals surface area contributed by atoms with Gasteiger partial charge in [0.25, 0.3) is 0 Å². The number of benzene rings is 2. The summed E-state index contributed by atoms with van der Waals surface area (Å²) in [4.78, 5) is 1.99. The van der Waals surface area contributed by atoms with Gasteiger partial charge in [-0.25, -0.2) is 4.39 Å². The van der Waals surface area contributed by atoms with Crippen LogP contribution in [0.5, 0.6) is 0 Å². The summed E-state index contributed by atoms with van der Waals surface area (Å²) < 4.78 is 13.7. The number of hydrogen-bond acceptors (Lipinski definition) is 2. The molecule has 0 unspecified atom stereocenters. The highest BCUT2D eigenvalue weighted by atomic mass is 35.5. The lowest BCUT2D eigenvalue weighted by atomic mass is 10.1. The summed E-state index contributed by atoms with van der Waals surface area (Å²) in [5.41, 5.74) is 3.60. The fourth-order valence-corrected chi connectivity index (χ4v) is 2.24. The third-order valence-electron chi connectivity index (χ3n) is 3.11. The predicted molar refractivity (Wildman–Crippen MR) is 84.2 cm³/mol. The van der Waals surface area contributed by atoms with E-state index in [0.717, 1.165) is 16.9 Å². The number of rotatable bonds is 4. The maximum absolute atomic E-state index is 13.7. The summed E-state index contributed by atoms with van der Waals surface area (Å²) in [5, 5.41) is 3.91. The lowest BCUT2D eigenvalue weighted by Crippen LogP contribution is -2.12. The number of aryl methyl sites for hydroxylation is 1. The van der Waals surface area contributed by atoms with Crippen molar-refractivity contribution in [1.29, 1.82) is 0 Å². The number of hydrogen-bond donors (Lipinski definition) is 1. The van der Waals surface area contributed by atoms with E-state index in [-0.39, 0.29) is 5.82 Å². The molecule has 0 aliphatic rings. The maximum Gasteiger partial charge on any atom is 0.128 e. The van der Waals surface area contributed by atoms with Gasteiger partial charge in [0.1, 0.15) is 5.82 Å². The molecule has 0 aliphatic carbocycles. The standard InChI is InChI=1S/C16H18ClFN2/c1-11-4-6-14(18)12(8-11)10-19-15-9-13(17)5-7-16(15)20(2)3/h4-9,19H,10H2,1-3H3. The second-order valence-electron chi connectivity index (χ2n) is 5.00. The summed E-state index contributed by atoms with van der Waals surface area (Å²) in [6.45, 7) is 2.38. The summed E-state index contributed by atoms with van der Waals surface area (Å²) in [7, 11) is 3.92. The van der Waals surface area contributed by atoms with Crippen molar-refractivity contribution in [3.8, 4) is 0 Å². The fourth-order valence-electron chi connectivity index (χ4n) is 2.07. The van der Waals surface area contributed by atoms with Crippen molar-refractivity contribution >= 4 is 23.0 Å². The van der Waals surface area contributed by atoms with Crippen LogP contribution >= 0.6 is 11.6 Å². The van der Waals surface area contributed by atoms with E-state index >= 15 is 0 Å². The maximum atomic E-state index is 13.7. The normalized spacial score (nSPS) is 10.4. The van der Waals surface area contributed by atoms with Crippen molar-refractivity contribution in [2.24, 2.45) is 0 Å². The lowest BCUT2D eigenvalue weighted by Gasteiger charge is -2.19. The van der Waals surface area contributed by atoms with Crippen molar-refractivity contribution in [1.82, 2.24) is 0 Å². The van der Waals surface area contributed by atoms with Gasteiger partial charge in [-0.15, -0.1) is 0 Å². The summed E-state index contributed by atoms with van der Waals surface area (Å²) in [6, 6.07) is 10.8. The molecule has 2 nitrogen and oxygen atoms in total. The molecule has 2 aromatic carbocycles. The largest absolute Gasteiger partial charge is 0.379 e. The Morgan fingerprint density at radius 1 is 1.15 bits per heavy atom. The van der Waals surface area contributed by atoms with E-state index in [1.807, 2.05) is 50.2 Å². The highest BCUT2D eigenvalue weighted by Crippen LogP contribution is 2.28. The zero-order valence-electron chi connectivity index (χ0n) is 11.9. The zero-order valence-corrected chi connectivity index (χ0v) is 12.6. The third kappa shape index (κ3) is 3.42. The van der Waals surface area contributed by atoms with E-state index in [1.165, 1.54) is 6.07 Å². The zero-order chi connectivity index (χ0) is 14.7. The molecular formula is C16H18ClFN2. The van der Waals surface area contributed by atoms with Gasteiger partial charge in [0.05, 0.1) is 11.4 Å².